The molecule has 3 aliphatic rings. The zero-order valence-electron chi connectivity index (χ0n) is 12.7. The molecule has 1 N–H and O–H groups in total. The Morgan fingerprint density at radius 3 is 2.79 bits per heavy atom. The SMILES string of the molecule is CCCC1CNC(C)(C2CC2)CN1CC1CCOC1. The second kappa shape index (κ2) is 5.71. The maximum Gasteiger partial charge on any atom is 0.0507 e. The number of hydrogen-bond donors (Lipinski definition) is 1. The summed E-state index contributed by atoms with van der Waals surface area (Å²) in [7, 11) is 0. The van der Waals surface area contributed by atoms with Crippen LogP contribution in [0, 0.1) is 11.8 Å². The molecule has 2 aliphatic heterocycles. The summed E-state index contributed by atoms with van der Waals surface area (Å²) < 4.78 is 5.56. The van der Waals surface area contributed by atoms with Crippen LogP contribution in [0.15, 0.2) is 0 Å². The average molecular weight is 266 g/mol. The van der Waals surface area contributed by atoms with Crippen molar-refractivity contribution >= 4 is 0 Å². The minimum atomic E-state index is 0.379. The molecule has 0 radical (unpaired) electrons. The maximum atomic E-state index is 5.56. The van der Waals surface area contributed by atoms with Gasteiger partial charge in [-0.2, -0.15) is 0 Å². The molecule has 3 fully saturated rings. The molecule has 3 nitrogen and oxygen atoms in total. The lowest BCUT2D eigenvalue weighted by Gasteiger charge is -2.47. The smallest absolute Gasteiger partial charge is 0.0507 e. The van der Waals surface area contributed by atoms with Crippen LogP contribution in [0.3, 0.4) is 0 Å². The van der Waals surface area contributed by atoms with Crippen LogP contribution in [-0.4, -0.2) is 49.3 Å². The molecule has 0 aromatic rings. The van der Waals surface area contributed by atoms with Gasteiger partial charge in [0.2, 0.25) is 0 Å². The largest absolute Gasteiger partial charge is 0.381 e. The molecule has 3 atom stereocenters. The van der Waals surface area contributed by atoms with Gasteiger partial charge in [-0.3, -0.25) is 4.90 Å². The highest BCUT2D eigenvalue weighted by molar-refractivity contribution is 5.04. The molecule has 1 aliphatic carbocycles. The topological polar surface area (TPSA) is 24.5 Å². The quantitative estimate of drug-likeness (QED) is 0.826. The van der Waals surface area contributed by atoms with E-state index < -0.39 is 0 Å². The van der Waals surface area contributed by atoms with Gasteiger partial charge in [0.25, 0.3) is 0 Å². The van der Waals surface area contributed by atoms with E-state index in [0.717, 1.165) is 31.1 Å². The Bertz CT molecular complexity index is 299. The van der Waals surface area contributed by atoms with Gasteiger partial charge < -0.3 is 10.1 Å². The Morgan fingerprint density at radius 1 is 1.32 bits per heavy atom. The Kier molecular flexibility index (Phi) is 4.16. The molecule has 0 aromatic heterocycles. The molecule has 2 heterocycles. The zero-order chi connectivity index (χ0) is 13.3. The molecular formula is C16H30N2O. The predicted octanol–water partition coefficient (Wildman–Crippen LogP) is 2.27. The van der Waals surface area contributed by atoms with Gasteiger partial charge in [0.1, 0.15) is 0 Å². The van der Waals surface area contributed by atoms with Crippen molar-refractivity contribution in [3.05, 3.63) is 0 Å². The lowest BCUT2D eigenvalue weighted by molar-refractivity contribution is 0.0541. The average Bonchev–Trinajstić information content (AvgIpc) is 3.14. The summed E-state index contributed by atoms with van der Waals surface area (Å²) in [6.07, 6.45) is 6.76. The minimum Gasteiger partial charge on any atom is -0.381 e. The van der Waals surface area contributed by atoms with E-state index in [2.05, 4.69) is 24.1 Å². The standard InChI is InChI=1S/C16H30N2O/c1-3-4-15-9-17-16(2,14-5-6-14)12-18(15)10-13-7-8-19-11-13/h13-15,17H,3-12H2,1-2H3. The molecule has 3 unspecified atom stereocenters. The van der Waals surface area contributed by atoms with Crippen molar-refractivity contribution in [1.82, 2.24) is 10.2 Å². The first-order chi connectivity index (χ1) is 9.21. The van der Waals surface area contributed by atoms with Crippen LogP contribution in [0.5, 0.6) is 0 Å². The molecule has 3 heteroatoms. The third kappa shape index (κ3) is 3.14. The highest BCUT2D eigenvalue weighted by Gasteiger charge is 2.46. The van der Waals surface area contributed by atoms with Gasteiger partial charge in [-0.15, -0.1) is 0 Å². The van der Waals surface area contributed by atoms with E-state index in [0.29, 0.717) is 5.54 Å². The van der Waals surface area contributed by atoms with Gasteiger partial charge >= 0.3 is 0 Å². The van der Waals surface area contributed by atoms with E-state index in [9.17, 15) is 0 Å². The van der Waals surface area contributed by atoms with E-state index in [-0.39, 0.29) is 0 Å². The predicted molar refractivity (Wildman–Crippen MR) is 78.3 cm³/mol. The number of nitrogens with zero attached hydrogens (tertiary/aromatic N) is 1. The first-order valence-electron chi connectivity index (χ1n) is 8.28. The second-order valence-electron chi connectivity index (χ2n) is 7.17. The van der Waals surface area contributed by atoms with Crippen molar-refractivity contribution in [2.45, 2.75) is 57.5 Å². The van der Waals surface area contributed by atoms with E-state index >= 15 is 0 Å². The zero-order valence-corrected chi connectivity index (χ0v) is 12.7. The highest BCUT2D eigenvalue weighted by Crippen LogP contribution is 2.41. The summed E-state index contributed by atoms with van der Waals surface area (Å²) in [6, 6.07) is 0.748. The summed E-state index contributed by atoms with van der Waals surface area (Å²) in [5, 5.41) is 3.87. The van der Waals surface area contributed by atoms with Gasteiger partial charge in [0, 0.05) is 37.8 Å². The van der Waals surface area contributed by atoms with E-state index in [1.165, 1.54) is 51.7 Å². The molecule has 0 amide bonds. The van der Waals surface area contributed by atoms with Crippen molar-refractivity contribution in [3.63, 3.8) is 0 Å². The Labute approximate surface area is 118 Å². The van der Waals surface area contributed by atoms with Crippen molar-refractivity contribution < 1.29 is 4.74 Å². The number of ether oxygens (including phenoxy) is 1. The molecule has 0 bridgehead atoms. The first kappa shape index (κ1) is 13.8. The van der Waals surface area contributed by atoms with Gasteiger partial charge in [0.05, 0.1) is 6.61 Å². The molecule has 2 saturated heterocycles. The number of nitrogens with one attached hydrogen (secondary N) is 1. The lowest BCUT2D eigenvalue weighted by Crippen LogP contribution is -2.64. The highest BCUT2D eigenvalue weighted by atomic mass is 16.5. The fraction of sp³-hybridized carbons (Fsp3) is 1.00. The molecule has 0 spiro atoms. The summed E-state index contributed by atoms with van der Waals surface area (Å²) in [6.45, 7) is 10.4. The van der Waals surface area contributed by atoms with E-state index in [1.54, 1.807) is 0 Å². The van der Waals surface area contributed by atoms with E-state index in [4.69, 9.17) is 4.74 Å². The van der Waals surface area contributed by atoms with Gasteiger partial charge in [-0.05, 0) is 44.4 Å². The second-order valence-corrected chi connectivity index (χ2v) is 7.17. The van der Waals surface area contributed by atoms with Crippen LogP contribution in [0.1, 0.15) is 46.0 Å². The fourth-order valence-electron chi connectivity index (χ4n) is 3.97. The number of piperazine rings is 1. The molecule has 1 saturated carbocycles. The van der Waals surface area contributed by atoms with Gasteiger partial charge in [-0.1, -0.05) is 13.3 Å². The lowest BCUT2D eigenvalue weighted by atomic mass is 9.89. The number of hydrogen-bond acceptors (Lipinski definition) is 3. The van der Waals surface area contributed by atoms with Crippen LogP contribution >= 0.6 is 0 Å². The fourth-order valence-corrected chi connectivity index (χ4v) is 3.97. The van der Waals surface area contributed by atoms with Crippen LogP contribution in [0.2, 0.25) is 0 Å². The normalized spacial score (nSPS) is 40.7. The summed E-state index contributed by atoms with van der Waals surface area (Å²) in [5.74, 6) is 1.71. The molecular weight excluding hydrogens is 236 g/mol. The Hall–Kier alpha value is -0.120. The van der Waals surface area contributed by atoms with Crippen LogP contribution < -0.4 is 5.32 Å². The molecule has 3 rings (SSSR count). The van der Waals surface area contributed by atoms with Crippen molar-refractivity contribution in [2.75, 3.05) is 32.8 Å². The molecule has 0 aromatic carbocycles. The van der Waals surface area contributed by atoms with Crippen molar-refractivity contribution in [3.8, 4) is 0 Å². The summed E-state index contributed by atoms with van der Waals surface area (Å²) >= 11 is 0. The van der Waals surface area contributed by atoms with Crippen molar-refractivity contribution in [1.29, 1.82) is 0 Å². The Morgan fingerprint density at radius 2 is 2.16 bits per heavy atom. The maximum absolute atomic E-state index is 5.56. The van der Waals surface area contributed by atoms with Crippen LogP contribution in [-0.2, 0) is 4.74 Å². The van der Waals surface area contributed by atoms with Gasteiger partial charge in [0.15, 0.2) is 0 Å². The third-order valence-electron chi connectivity index (χ3n) is 5.41. The third-order valence-corrected chi connectivity index (χ3v) is 5.41. The van der Waals surface area contributed by atoms with E-state index in [1.807, 2.05) is 0 Å². The monoisotopic (exact) mass is 266 g/mol. The summed E-state index contributed by atoms with van der Waals surface area (Å²) in [4.78, 5) is 2.79. The van der Waals surface area contributed by atoms with Crippen LogP contribution in [0.25, 0.3) is 0 Å². The Balaban J connectivity index is 1.63. The van der Waals surface area contributed by atoms with Crippen LogP contribution in [0.4, 0.5) is 0 Å². The minimum absolute atomic E-state index is 0.379. The number of rotatable bonds is 5. The molecule has 110 valence electrons. The molecule has 19 heavy (non-hydrogen) atoms. The van der Waals surface area contributed by atoms with Crippen molar-refractivity contribution in [2.24, 2.45) is 11.8 Å². The van der Waals surface area contributed by atoms with Gasteiger partial charge in [-0.25, -0.2) is 0 Å². The summed E-state index contributed by atoms with van der Waals surface area (Å²) in [5.41, 5.74) is 0.379. The first-order valence-corrected chi connectivity index (χ1v) is 8.28.